The van der Waals surface area contributed by atoms with E-state index in [-0.39, 0.29) is 22.8 Å². The third-order valence-corrected chi connectivity index (χ3v) is 5.01. The lowest BCUT2D eigenvalue weighted by Crippen LogP contribution is -2.19. The lowest BCUT2D eigenvalue weighted by Gasteiger charge is -2.12. The molecule has 0 spiro atoms. The monoisotopic (exact) mass is 465 g/mol. The van der Waals surface area contributed by atoms with E-state index in [1.165, 1.54) is 21.1 Å². The van der Waals surface area contributed by atoms with Crippen molar-refractivity contribution in [2.24, 2.45) is 0 Å². The van der Waals surface area contributed by atoms with Crippen LogP contribution in [0.1, 0.15) is 12.5 Å². The van der Waals surface area contributed by atoms with E-state index in [1.54, 1.807) is 30.3 Å². The number of hydrogen-bond acceptors (Lipinski definition) is 5. The van der Waals surface area contributed by atoms with Gasteiger partial charge in [0.05, 0.1) is 29.1 Å². The summed E-state index contributed by atoms with van der Waals surface area (Å²) in [4.78, 5) is 24.2. The van der Waals surface area contributed by atoms with Gasteiger partial charge in [0, 0.05) is 19.0 Å². The third-order valence-electron chi connectivity index (χ3n) is 4.12. The SMILES string of the molecule is COc1ccc(-c2oc3c(Br)cc(CNC(C)=O)cc3c(=O)c2OC)cc1Cl. The minimum absolute atomic E-state index is 0.0670. The molecule has 0 saturated carbocycles. The molecule has 0 aliphatic heterocycles. The zero-order valence-electron chi connectivity index (χ0n) is 15.4. The molecular formula is C20H17BrClNO5. The molecule has 1 heterocycles. The summed E-state index contributed by atoms with van der Waals surface area (Å²) in [5.41, 5.74) is 1.38. The van der Waals surface area contributed by atoms with Gasteiger partial charge in [0.25, 0.3) is 0 Å². The number of rotatable bonds is 5. The first-order chi connectivity index (χ1) is 13.3. The fraction of sp³-hybridized carbons (Fsp3) is 0.200. The van der Waals surface area contributed by atoms with Crippen LogP contribution in [0.4, 0.5) is 0 Å². The maximum Gasteiger partial charge on any atom is 0.235 e. The lowest BCUT2D eigenvalue weighted by atomic mass is 10.1. The topological polar surface area (TPSA) is 77.8 Å². The van der Waals surface area contributed by atoms with Crippen LogP contribution in [0.25, 0.3) is 22.3 Å². The van der Waals surface area contributed by atoms with Crippen molar-refractivity contribution in [2.45, 2.75) is 13.5 Å². The summed E-state index contributed by atoms with van der Waals surface area (Å²) in [7, 11) is 2.93. The predicted octanol–water partition coefficient (Wildman–Crippen LogP) is 4.53. The van der Waals surface area contributed by atoms with Gasteiger partial charge >= 0.3 is 0 Å². The Morgan fingerprint density at radius 1 is 1.21 bits per heavy atom. The van der Waals surface area contributed by atoms with Crippen LogP contribution in [-0.2, 0) is 11.3 Å². The Morgan fingerprint density at radius 2 is 1.96 bits per heavy atom. The smallest absolute Gasteiger partial charge is 0.235 e. The largest absolute Gasteiger partial charge is 0.495 e. The van der Waals surface area contributed by atoms with Crippen LogP contribution in [0.5, 0.6) is 11.5 Å². The Kier molecular flexibility index (Phi) is 5.96. The van der Waals surface area contributed by atoms with E-state index in [4.69, 9.17) is 25.5 Å². The van der Waals surface area contributed by atoms with E-state index in [9.17, 15) is 9.59 Å². The van der Waals surface area contributed by atoms with Gasteiger partial charge in [0.1, 0.15) is 5.75 Å². The van der Waals surface area contributed by atoms with Gasteiger partial charge in [-0.2, -0.15) is 0 Å². The summed E-state index contributed by atoms with van der Waals surface area (Å²) in [6.45, 7) is 1.72. The molecule has 2 aromatic carbocycles. The van der Waals surface area contributed by atoms with E-state index < -0.39 is 0 Å². The summed E-state index contributed by atoms with van der Waals surface area (Å²) >= 11 is 9.66. The molecule has 0 saturated heterocycles. The van der Waals surface area contributed by atoms with Crippen LogP contribution in [-0.4, -0.2) is 20.1 Å². The molecule has 0 unspecified atom stereocenters. The normalized spacial score (nSPS) is 10.8. The van der Waals surface area contributed by atoms with Crippen molar-refractivity contribution in [2.75, 3.05) is 14.2 Å². The molecule has 0 fully saturated rings. The number of benzene rings is 2. The number of carbonyl (C=O) groups excluding carboxylic acids is 1. The molecule has 0 aliphatic carbocycles. The number of ether oxygens (including phenoxy) is 2. The average Bonchev–Trinajstić information content (AvgIpc) is 2.66. The minimum atomic E-state index is -0.323. The highest BCUT2D eigenvalue weighted by Gasteiger charge is 2.20. The molecule has 0 aliphatic rings. The first kappa shape index (κ1) is 20.2. The lowest BCUT2D eigenvalue weighted by molar-refractivity contribution is -0.119. The molecule has 0 bridgehead atoms. The maximum absolute atomic E-state index is 13.1. The van der Waals surface area contributed by atoms with Gasteiger partial charge in [-0.25, -0.2) is 0 Å². The van der Waals surface area contributed by atoms with E-state index in [0.717, 1.165) is 5.56 Å². The number of amides is 1. The van der Waals surface area contributed by atoms with Gasteiger partial charge in [0.15, 0.2) is 11.3 Å². The number of nitrogens with one attached hydrogen (secondary N) is 1. The van der Waals surface area contributed by atoms with Gasteiger partial charge in [-0.15, -0.1) is 0 Å². The molecule has 1 aromatic heterocycles. The van der Waals surface area contributed by atoms with Crippen LogP contribution in [0.2, 0.25) is 5.02 Å². The molecule has 146 valence electrons. The van der Waals surface area contributed by atoms with Gasteiger partial charge in [-0.3, -0.25) is 9.59 Å². The van der Waals surface area contributed by atoms with Crippen molar-refractivity contribution in [3.63, 3.8) is 0 Å². The summed E-state index contributed by atoms with van der Waals surface area (Å²) in [5.74, 6) is 0.682. The summed E-state index contributed by atoms with van der Waals surface area (Å²) in [5, 5.41) is 3.43. The number of carbonyl (C=O) groups is 1. The van der Waals surface area contributed by atoms with E-state index >= 15 is 0 Å². The zero-order chi connectivity index (χ0) is 20.4. The van der Waals surface area contributed by atoms with Gasteiger partial charge in [0.2, 0.25) is 17.1 Å². The highest BCUT2D eigenvalue weighted by molar-refractivity contribution is 9.10. The van der Waals surface area contributed by atoms with Crippen molar-refractivity contribution < 1.29 is 18.7 Å². The summed E-state index contributed by atoms with van der Waals surface area (Å²) in [6, 6.07) is 8.53. The second-order valence-electron chi connectivity index (χ2n) is 6.01. The average molecular weight is 467 g/mol. The van der Waals surface area contributed by atoms with Crippen LogP contribution in [0, 0.1) is 0 Å². The molecule has 1 amide bonds. The molecule has 6 nitrogen and oxygen atoms in total. The van der Waals surface area contributed by atoms with Crippen LogP contribution < -0.4 is 20.2 Å². The second kappa shape index (κ2) is 8.24. The highest BCUT2D eigenvalue weighted by atomic mass is 79.9. The molecule has 0 radical (unpaired) electrons. The minimum Gasteiger partial charge on any atom is -0.495 e. The highest BCUT2D eigenvalue weighted by Crippen LogP contribution is 2.37. The van der Waals surface area contributed by atoms with Crippen molar-refractivity contribution in [3.8, 4) is 22.8 Å². The quantitative estimate of drug-likeness (QED) is 0.598. The Labute approximate surface area is 174 Å². The number of halogens is 2. The number of methoxy groups -OCH3 is 2. The Hall–Kier alpha value is -2.51. The molecule has 3 aromatic rings. The Morgan fingerprint density at radius 3 is 2.57 bits per heavy atom. The second-order valence-corrected chi connectivity index (χ2v) is 7.27. The first-order valence-electron chi connectivity index (χ1n) is 8.27. The van der Waals surface area contributed by atoms with Crippen LogP contribution in [0.3, 0.4) is 0 Å². The predicted molar refractivity (Wildman–Crippen MR) is 111 cm³/mol. The van der Waals surface area contributed by atoms with E-state index in [0.29, 0.717) is 38.3 Å². The van der Waals surface area contributed by atoms with Crippen molar-refractivity contribution in [1.82, 2.24) is 5.32 Å². The Bertz CT molecular complexity index is 1130. The van der Waals surface area contributed by atoms with E-state index in [1.807, 2.05) is 0 Å². The van der Waals surface area contributed by atoms with Gasteiger partial charge < -0.3 is 19.2 Å². The first-order valence-corrected chi connectivity index (χ1v) is 9.44. The maximum atomic E-state index is 13.1. The molecule has 0 atom stereocenters. The number of fused-ring (bicyclic) bond motifs is 1. The zero-order valence-corrected chi connectivity index (χ0v) is 17.7. The molecule has 8 heteroatoms. The van der Waals surface area contributed by atoms with Crippen LogP contribution >= 0.6 is 27.5 Å². The molecule has 3 rings (SSSR count). The molecule has 1 N–H and O–H groups in total. The molecule has 28 heavy (non-hydrogen) atoms. The summed E-state index contributed by atoms with van der Waals surface area (Å²) < 4.78 is 17.1. The Balaban J connectivity index is 2.21. The molecular weight excluding hydrogens is 450 g/mol. The van der Waals surface area contributed by atoms with E-state index in [2.05, 4.69) is 21.2 Å². The van der Waals surface area contributed by atoms with Crippen molar-refractivity contribution in [3.05, 3.63) is 55.6 Å². The fourth-order valence-electron chi connectivity index (χ4n) is 2.81. The fourth-order valence-corrected chi connectivity index (χ4v) is 3.65. The summed E-state index contributed by atoms with van der Waals surface area (Å²) in [6.07, 6.45) is 0. The number of hydrogen-bond donors (Lipinski definition) is 1. The third kappa shape index (κ3) is 3.86. The van der Waals surface area contributed by atoms with Gasteiger partial charge in [-0.1, -0.05) is 11.6 Å². The van der Waals surface area contributed by atoms with Gasteiger partial charge in [-0.05, 0) is 51.8 Å². The standard InChI is InChI=1S/C20H17BrClNO5/c1-10(24)23-9-11-6-13-17(25)20(27-3)18(28-19(13)14(21)7-11)12-4-5-16(26-2)15(22)8-12/h4-8H,9H2,1-3H3,(H,23,24). The van der Waals surface area contributed by atoms with Crippen LogP contribution in [0.15, 0.2) is 44.0 Å². The van der Waals surface area contributed by atoms with Crippen molar-refractivity contribution >= 4 is 44.4 Å². The van der Waals surface area contributed by atoms with Crippen molar-refractivity contribution in [1.29, 1.82) is 0 Å².